The van der Waals surface area contributed by atoms with Gasteiger partial charge in [0.25, 0.3) is 0 Å². The smallest absolute Gasteiger partial charge is 0.244 e. The molecule has 2 aliphatic rings. The van der Waals surface area contributed by atoms with E-state index in [0.717, 1.165) is 49.5 Å². The fraction of sp³-hybridized carbons (Fsp3) is 0.458. The summed E-state index contributed by atoms with van der Waals surface area (Å²) in [6.07, 6.45) is 4.35. The van der Waals surface area contributed by atoms with Gasteiger partial charge in [0.1, 0.15) is 6.54 Å². The highest BCUT2D eigenvalue weighted by Crippen LogP contribution is 2.43. The monoisotopic (exact) mass is 403 g/mol. The molecule has 6 nitrogen and oxygen atoms in total. The van der Waals surface area contributed by atoms with Crippen molar-refractivity contribution in [3.63, 3.8) is 0 Å². The van der Waals surface area contributed by atoms with Gasteiger partial charge in [-0.2, -0.15) is 5.10 Å². The van der Waals surface area contributed by atoms with Crippen molar-refractivity contribution in [2.45, 2.75) is 45.7 Å². The standard InChI is InChI=1S/C24H29N5O/c1-17-4-3-5-19(14-17)15-27-10-12-28(13-11-27)22(30)16-29-24-23(18(2)26-29)21(8-9-25-24)20-6-7-20/h3-5,8-9,14,20H,6-7,10-13,15-16H2,1-2H3. The maximum Gasteiger partial charge on any atom is 0.244 e. The molecule has 0 N–H and O–H groups in total. The van der Waals surface area contributed by atoms with Crippen molar-refractivity contribution >= 4 is 16.9 Å². The van der Waals surface area contributed by atoms with E-state index >= 15 is 0 Å². The Labute approximate surface area is 177 Å². The number of fused-ring (bicyclic) bond motifs is 1. The van der Waals surface area contributed by atoms with E-state index in [-0.39, 0.29) is 12.5 Å². The van der Waals surface area contributed by atoms with Gasteiger partial charge in [-0.15, -0.1) is 0 Å². The molecule has 1 saturated carbocycles. The summed E-state index contributed by atoms with van der Waals surface area (Å²) in [7, 11) is 0. The van der Waals surface area contributed by atoms with Crippen LogP contribution in [0, 0.1) is 13.8 Å². The Hall–Kier alpha value is -2.73. The fourth-order valence-corrected chi connectivity index (χ4v) is 4.61. The van der Waals surface area contributed by atoms with Crippen molar-refractivity contribution in [3.8, 4) is 0 Å². The SMILES string of the molecule is Cc1cccc(CN2CCN(C(=O)Cn3nc(C)c4c(C5CC5)ccnc43)CC2)c1. The Morgan fingerprint density at radius 2 is 1.90 bits per heavy atom. The zero-order valence-corrected chi connectivity index (χ0v) is 17.8. The minimum atomic E-state index is 0.133. The van der Waals surface area contributed by atoms with Gasteiger partial charge in [-0.25, -0.2) is 9.67 Å². The van der Waals surface area contributed by atoms with Crippen molar-refractivity contribution in [2.24, 2.45) is 0 Å². The molecule has 1 amide bonds. The molecule has 0 atom stereocenters. The number of hydrogen-bond acceptors (Lipinski definition) is 4. The molecule has 3 aromatic rings. The molecule has 0 spiro atoms. The molecular formula is C24H29N5O. The average molecular weight is 404 g/mol. The summed E-state index contributed by atoms with van der Waals surface area (Å²) in [5, 5.41) is 5.82. The van der Waals surface area contributed by atoms with Crippen molar-refractivity contribution in [1.82, 2.24) is 24.6 Å². The molecule has 1 aromatic carbocycles. The van der Waals surface area contributed by atoms with Gasteiger partial charge in [-0.3, -0.25) is 9.69 Å². The van der Waals surface area contributed by atoms with E-state index < -0.39 is 0 Å². The van der Waals surface area contributed by atoms with Gasteiger partial charge in [0.15, 0.2) is 5.65 Å². The summed E-state index contributed by atoms with van der Waals surface area (Å²) in [4.78, 5) is 21.9. The van der Waals surface area contributed by atoms with Crippen LogP contribution in [0.4, 0.5) is 0 Å². The molecule has 2 aromatic heterocycles. The van der Waals surface area contributed by atoms with Crippen LogP contribution < -0.4 is 0 Å². The zero-order chi connectivity index (χ0) is 20.7. The van der Waals surface area contributed by atoms with Crippen molar-refractivity contribution in [1.29, 1.82) is 0 Å². The second-order valence-corrected chi connectivity index (χ2v) is 8.76. The molecule has 0 unspecified atom stereocenters. The van der Waals surface area contributed by atoms with Crippen LogP contribution in [0.25, 0.3) is 11.0 Å². The largest absolute Gasteiger partial charge is 0.339 e. The number of carbonyl (C=O) groups excluding carboxylic acids is 1. The molecule has 156 valence electrons. The Balaban J connectivity index is 1.23. The molecular weight excluding hydrogens is 374 g/mol. The lowest BCUT2D eigenvalue weighted by molar-refractivity contribution is -0.133. The molecule has 30 heavy (non-hydrogen) atoms. The molecule has 5 rings (SSSR count). The summed E-state index contributed by atoms with van der Waals surface area (Å²) in [6, 6.07) is 10.8. The van der Waals surface area contributed by atoms with E-state index in [1.807, 2.05) is 18.0 Å². The van der Waals surface area contributed by atoms with Gasteiger partial charge >= 0.3 is 0 Å². The van der Waals surface area contributed by atoms with E-state index in [0.29, 0.717) is 5.92 Å². The van der Waals surface area contributed by atoms with Gasteiger partial charge in [0, 0.05) is 44.3 Å². The first-order chi connectivity index (χ1) is 14.6. The Morgan fingerprint density at radius 1 is 1.10 bits per heavy atom. The number of aryl methyl sites for hydroxylation is 2. The minimum absolute atomic E-state index is 0.133. The predicted molar refractivity (Wildman–Crippen MR) is 117 cm³/mol. The fourth-order valence-electron chi connectivity index (χ4n) is 4.61. The zero-order valence-electron chi connectivity index (χ0n) is 17.8. The van der Waals surface area contributed by atoms with E-state index in [1.165, 1.54) is 29.5 Å². The molecule has 2 fully saturated rings. The molecule has 6 heteroatoms. The van der Waals surface area contributed by atoms with Crippen LogP contribution in [-0.4, -0.2) is 56.7 Å². The van der Waals surface area contributed by atoms with Crippen LogP contribution in [-0.2, 0) is 17.9 Å². The quantitative estimate of drug-likeness (QED) is 0.656. The number of aromatic nitrogens is 3. The Morgan fingerprint density at radius 3 is 2.63 bits per heavy atom. The number of carbonyl (C=O) groups is 1. The number of amides is 1. The lowest BCUT2D eigenvalue weighted by Crippen LogP contribution is -2.49. The topological polar surface area (TPSA) is 54.3 Å². The highest BCUT2D eigenvalue weighted by molar-refractivity contribution is 5.85. The lowest BCUT2D eigenvalue weighted by Gasteiger charge is -2.34. The summed E-state index contributed by atoms with van der Waals surface area (Å²) < 4.78 is 1.80. The van der Waals surface area contributed by atoms with Gasteiger partial charge in [-0.05, 0) is 49.8 Å². The number of pyridine rings is 1. The highest BCUT2D eigenvalue weighted by atomic mass is 16.2. The van der Waals surface area contributed by atoms with Crippen LogP contribution in [0.2, 0.25) is 0 Å². The van der Waals surface area contributed by atoms with Gasteiger partial charge < -0.3 is 4.90 Å². The van der Waals surface area contributed by atoms with Gasteiger partial charge in [-0.1, -0.05) is 29.8 Å². The first-order valence-electron chi connectivity index (χ1n) is 11.0. The van der Waals surface area contributed by atoms with E-state index in [1.54, 1.807) is 4.68 Å². The Kier molecular flexibility index (Phi) is 5.03. The first-order valence-corrected chi connectivity index (χ1v) is 11.0. The molecule has 3 heterocycles. The average Bonchev–Trinajstić information content (AvgIpc) is 3.54. The van der Waals surface area contributed by atoms with Crippen LogP contribution >= 0.6 is 0 Å². The lowest BCUT2D eigenvalue weighted by atomic mass is 10.1. The van der Waals surface area contributed by atoms with Gasteiger partial charge in [0.05, 0.1) is 5.69 Å². The van der Waals surface area contributed by atoms with Crippen molar-refractivity contribution in [3.05, 3.63) is 58.9 Å². The molecule has 0 bridgehead atoms. The third-order valence-electron chi connectivity index (χ3n) is 6.36. The van der Waals surface area contributed by atoms with E-state index in [9.17, 15) is 4.79 Å². The highest BCUT2D eigenvalue weighted by Gasteiger charge is 2.28. The van der Waals surface area contributed by atoms with E-state index in [2.05, 4.69) is 52.2 Å². The van der Waals surface area contributed by atoms with Crippen LogP contribution in [0.3, 0.4) is 0 Å². The maximum atomic E-state index is 13.0. The van der Waals surface area contributed by atoms with Crippen molar-refractivity contribution in [2.75, 3.05) is 26.2 Å². The summed E-state index contributed by atoms with van der Waals surface area (Å²) in [5.74, 6) is 0.775. The summed E-state index contributed by atoms with van der Waals surface area (Å²) >= 11 is 0. The molecule has 0 radical (unpaired) electrons. The van der Waals surface area contributed by atoms with Crippen LogP contribution in [0.5, 0.6) is 0 Å². The van der Waals surface area contributed by atoms with Crippen molar-refractivity contribution < 1.29 is 4.79 Å². The predicted octanol–water partition coefficient (Wildman–Crippen LogP) is 3.27. The number of benzene rings is 1. The second-order valence-electron chi connectivity index (χ2n) is 8.76. The first kappa shape index (κ1) is 19.2. The third kappa shape index (κ3) is 3.84. The number of piperazine rings is 1. The normalized spacial score (nSPS) is 17.6. The second kappa shape index (κ2) is 7.84. The van der Waals surface area contributed by atoms with E-state index in [4.69, 9.17) is 0 Å². The minimum Gasteiger partial charge on any atom is -0.339 e. The third-order valence-corrected chi connectivity index (χ3v) is 6.36. The molecule has 1 aliphatic carbocycles. The summed E-state index contributed by atoms with van der Waals surface area (Å²) in [5.41, 5.74) is 5.81. The van der Waals surface area contributed by atoms with Gasteiger partial charge in [0.2, 0.25) is 5.91 Å². The maximum absolute atomic E-state index is 13.0. The molecule has 1 saturated heterocycles. The van der Waals surface area contributed by atoms with Crippen LogP contribution in [0.1, 0.15) is 41.1 Å². The van der Waals surface area contributed by atoms with Crippen LogP contribution in [0.15, 0.2) is 36.5 Å². The number of nitrogens with zero attached hydrogens (tertiary/aromatic N) is 5. The summed E-state index contributed by atoms with van der Waals surface area (Å²) in [6.45, 7) is 8.71. The Bertz CT molecular complexity index is 1080. The number of rotatable bonds is 5. The molecule has 1 aliphatic heterocycles. The number of hydrogen-bond donors (Lipinski definition) is 0.